The van der Waals surface area contributed by atoms with Crippen LogP contribution >= 0.6 is 11.6 Å². The molecular formula is C11H12ClN3. The maximum Gasteiger partial charge on any atom is 0.0869 e. The molecular weight excluding hydrogens is 210 g/mol. The fourth-order valence-corrected chi connectivity index (χ4v) is 1.83. The van der Waals surface area contributed by atoms with Crippen molar-refractivity contribution in [3.05, 3.63) is 35.5 Å². The van der Waals surface area contributed by atoms with Crippen molar-refractivity contribution in [3.63, 3.8) is 0 Å². The highest BCUT2D eigenvalue weighted by molar-refractivity contribution is 6.33. The number of aromatic nitrogens is 2. The minimum absolute atomic E-state index is 0.655. The predicted molar refractivity (Wildman–Crippen MR) is 62.8 cm³/mol. The van der Waals surface area contributed by atoms with E-state index in [2.05, 4.69) is 5.10 Å². The van der Waals surface area contributed by atoms with E-state index in [1.165, 1.54) is 0 Å². The third-order valence-corrected chi connectivity index (χ3v) is 2.53. The number of aryl methyl sites for hydroxylation is 1. The van der Waals surface area contributed by atoms with E-state index in [1.54, 1.807) is 6.20 Å². The molecule has 78 valence electrons. The van der Waals surface area contributed by atoms with Gasteiger partial charge in [-0.15, -0.1) is 0 Å². The summed E-state index contributed by atoms with van der Waals surface area (Å²) in [6.45, 7) is 2.82. The summed E-state index contributed by atoms with van der Waals surface area (Å²) in [4.78, 5) is 0. The van der Waals surface area contributed by atoms with Crippen LogP contribution in [0.5, 0.6) is 0 Å². The lowest BCUT2D eigenvalue weighted by Crippen LogP contribution is -1.99. The molecule has 0 bridgehead atoms. The molecule has 0 saturated heterocycles. The van der Waals surface area contributed by atoms with Gasteiger partial charge in [-0.1, -0.05) is 23.7 Å². The van der Waals surface area contributed by atoms with E-state index in [4.69, 9.17) is 17.3 Å². The molecule has 1 heterocycles. The number of halogens is 1. The SMILES string of the molecule is CCn1ncc(Cl)c1-c1cccc(N)c1. The van der Waals surface area contributed by atoms with E-state index in [0.717, 1.165) is 23.5 Å². The first kappa shape index (κ1) is 10.1. The highest BCUT2D eigenvalue weighted by Gasteiger charge is 2.10. The molecule has 2 N–H and O–H groups in total. The molecule has 0 spiro atoms. The highest BCUT2D eigenvalue weighted by atomic mass is 35.5. The van der Waals surface area contributed by atoms with Crippen LogP contribution in [0.25, 0.3) is 11.3 Å². The molecule has 0 aliphatic rings. The van der Waals surface area contributed by atoms with Crippen LogP contribution in [-0.4, -0.2) is 9.78 Å². The summed E-state index contributed by atoms with van der Waals surface area (Å²) in [6.07, 6.45) is 1.66. The van der Waals surface area contributed by atoms with Crippen LogP contribution in [0.2, 0.25) is 5.02 Å². The number of hydrogen-bond acceptors (Lipinski definition) is 2. The van der Waals surface area contributed by atoms with E-state index in [9.17, 15) is 0 Å². The van der Waals surface area contributed by atoms with Crippen LogP contribution in [0.1, 0.15) is 6.92 Å². The van der Waals surface area contributed by atoms with Gasteiger partial charge in [0.05, 0.1) is 16.9 Å². The fraction of sp³-hybridized carbons (Fsp3) is 0.182. The molecule has 4 heteroatoms. The van der Waals surface area contributed by atoms with Crippen molar-refractivity contribution in [2.75, 3.05) is 5.73 Å². The second-order valence-electron chi connectivity index (χ2n) is 3.28. The van der Waals surface area contributed by atoms with E-state index < -0.39 is 0 Å². The Labute approximate surface area is 93.5 Å². The molecule has 2 rings (SSSR count). The zero-order valence-electron chi connectivity index (χ0n) is 8.44. The first-order valence-electron chi connectivity index (χ1n) is 4.79. The van der Waals surface area contributed by atoms with Gasteiger partial charge in [-0.2, -0.15) is 5.10 Å². The second-order valence-corrected chi connectivity index (χ2v) is 3.69. The van der Waals surface area contributed by atoms with E-state index in [1.807, 2.05) is 35.9 Å². The minimum atomic E-state index is 0.655. The number of nitrogen functional groups attached to an aromatic ring is 1. The maximum absolute atomic E-state index is 6.09. The smallest absolute Gasteiger partial charge is 0.0869 e. The quantitative estimate of drug-likeness (QED) is 0.793. The van der Waals surface area contributed by atoms with Crippen LogP contribution in [-0.2, 0) is 6.54 Å². The largest absolute Gasteiger partial charge is 0.399 e. The summed E-state index contributed by atoms with van der Waals surface area (Å²) in [5.41, 5.74) is 8.38. The van der Waals surface area contributed by atoms with Gasteiger partial charge < -0.3 is 5.73 Å². The lowest BCUT2D eigenvalue weighted by molar-refractivity contribution is 0.667. The first-order valence-corrected chi connectivity index (χ1v) is 5.17. The van der Waals surface area contributed by atoms with Gasteiger partial charge in [-0.05, 0) is 19.1 Å². The lowest BCUT2D eigenvalue weighted by Gasteiger charge is -2.06. The van der Waals surface area contributed by atoms with Gasteiger partial charge in [0.25, 0.3) is 0 Å². The Morgan fingerprint density at radius 3 is 2.93 bits per heavy atom. The summed E-state index contributed by atoms with van der Waals surface area (Å²) in [5.74, 6) is 0. The number of anilines is 1. The maximum atomic E-state index is 6.09. The zero-order valence-corrected chi connectivity index (χ0v) is 9.20. The summed E-state index contributed by atoms with van der Waals surface area (Å²) in [5, 5.41) is 4.84. The third-order valence-electron chi connectivity index (χ3n) is 2.25. The number of rotatable bonds is 2. The highest BCUT2D eigenvalue weighted by Crippen LogP contribution is 2.28. The average molecular weight is 222 g/mol. The lowest BCUT2D eigenvalue weighted by atomic mass is 10.1. The van der Waals surface area contributed by atoms with E-state index in [-0.39, 0.29) is 0 Å². The predicted octanol–water partition coefficient (Wildman–Crippen LogP) is 2.81. The molecule has 0 atom stereocenters. The van der Waals surface area contributed by atoms with Gasteiger partial charge in [-0.25, -0.2) is 0 Å². The van der Waals surface area contributed by atoms with Gasteiger partial charge in [0, 0.05) is 17.8 Å². The molecule has 2 aromatic rings. The number of benzene rings is 1. The molecule has 0 amide bonds. The standard InChI is InChI=1S/C11H12ClN3/c1-2-15-11(10(12)7-14-15)8-4-3-5-9(13)6-8/h3-7H,2,13H2,1H3. The zero-order chi connectivity index (χ0) is 10.8. The molecule has 15 heavy (non-hydrogen) atoms. The monoisotopic (exact) mass is 221 g/mol. The molecule has 1 aromatic heterocycles. The van der Waals surface area contributed by atoms with Crippen LogP contribution in [0.3, 0.4) is 0 Å². The van der Waals surface area contributed by atoms with Crippen LogP contribution in [0.15, 0.2) is 30.5 Å². The average Bonchev–Trinajstić information content (AvgIpc) is 2.59. The summed E-state index contributed by atoms with van der Waals surface area (Å²) >= 11 is 6.09. The Kier molecular flexibility index (Phi) is 2.64. The van der Waals surface area contributed by atoms with E-state index >= 15 is 0 Å². The van der Waals surface area contributed by atoms with Crippen molar-refractivity contribution in [1.82, 2.24) is 9.78 Å². The number of nitrogens with zero attached hydrogens (tertiary/aromatic N) is 2. The number of nitrogens with two attached hydrogens (primary N) is 1. The van der Waals surface area contributed by atoms with Crippen molar-refractivity contribution in [1.29, 1.82) is 0 Å². The Bertz CT molecular complexity index is 476. The van der Waals surface area contributed by atoms with Gasteiger partial charge >= 0.3 is 0 Å². The van der Waals surface area contributed by atoms with Crippen molar-refractivity contribution >= 4 is 17.3 Å². The topological polar surface area (TPSA) is 43.8 Å². The molecule has 0 fully saturated rings. The molecule has 0 aliphatic carbocycles. The molecule has 0 saturated carbocycles. The molecule has 1 aromatic carbocycles. The van der Waals surface area contributed by atoms with Gasteiger partial charge in [0.2, 0.25) is 0 Å². The minimum Gasteiger partial charge on any atom is -0.399 e. The van der Waals surface area contributed by atoms with Crippen molar-refractivity contribution < 1.29 is 0 Å². The van der Waals surface area contributed by atoms with E-state index in [0.29, 0.717) is 5.02 Å². The van der Waals surface area contributed by atoms with Gasteiger partial charge in [-0.3, -0.25) is 4.68 Å². The Morgan fingerprint density at radius 1 is 1.47 bits per heavy atom. The van der Waals surface area contributed by atoms with Crippen molar-refractivity contribution in [2.24, 2.45) is 0 Å². The van der Waals surface area contributed by atoms with Gasteiger partial charge in [0.15, 0.2) is 0 Å². The van der Waals surface area contributed by atoms with Crippen molar-refractivity contribution in [2.45, 2.75) is 13.5 Å². The number of hydrogen-bond donors (Lipinski definition) is 1. The Morgan fingerprint density at radius 2 is 2.27 bits per heavy atom. The molecule has 0 aliphatic heterocycles. The first-order chi connectivity index (χ1) is 7.22. The Balaban J connectivity index is 2.57. The van der Waals surface area contributed by atoms with Crippen LogP contribution in [0.4, 0.5) is 5.69 Å². The van der Waals surface area contributed by atoms with Crippen LogP contribution < -0.4 is 5.73 Å². The summed E-state index contributed by atoms with van der Waals surface area (Å²) in [7, 11) is 0. The molecule has 0 radical (unpaired) electrons. The fourth-order valence-electron chi connectivity index (χ4n) is 1.58. The Hall–Kier alpha value is -1.48. The molecule has 0 unspecified atom stereocenters. The van der Waals surface area contributed by atoms with Crippen molar-refractivity contribution in [3.8, 4) is 11.3 Å². The second kappa shape index (κ2) is 3.95. The molecule has 3 nitrogen and oxygen atoms in total. The summed E-state index contributed by atoms with van der Waals surface area (Å²) in [6, 6.07) is 7.64. The third kappa shape index (κ3) is 1.83. The normalized spacial score (nSPS) is 10.5. The summed E-state index contributed by atoms with van der Waals surface area (Å²) < 4.78 is 1.86. The van der Waals surface area contributed by atoms with Gasteiger partial charge in [0.1, 0.15) is 0 Å². The van der Waals surface area contributed by atoms with Crippen LogP contribution in [0, 0.1) is 0 Å².